The second-order valence-electron chi connectivity index (χ2n) is 6.17. The minimum Gasteiger partial charge on any atom is -0.352 e. The molecular formula is C18H20N6O. The zero-order chi connectivity index (χ0) is 17.1. The van der Waals surface area contributed by atoms with Gasteiger partial charge in [-0.3, -0.25) is 9.69 Å². The first-order valence-electron chi connectivity index (χ1n) is 8.51. The fraction of sp³-hybridized carbons (Fsp3) is 0.333. The van der Waals surface area contributed by atoms with E-state index < -0.39 is 0 Å². The second kappa shape index (κ2) is 6.98. The van der Waals surface area contributed by atoms with Crippen molar-refractivity contribution in [2.24, 2.45) is 0 Å². The van der Waals surface area contributed by atoms with E-state index in [2.05, 4.69) is 37.2 Å². The van der Waals surface area contributed by atoms with E-state index in [1.54, 1.807) is 24.5 Å². The molecule has 0 atom stereocenters. The van der Waals surface area contributed by atoms with Gasteiger partial charge in [0.1, 0.15) is 0 Å². The van der Waals surface area contributed by atoms with Gasteiger partial charge in [-0.1, -0.05) is 24.3 Å². The highest BCUT2D eigenvalue weighted by molar-refractivity contribution is 5.91. The molecule has 7 heteroatoms. The smallest absolute Gasteiger partial charge is 0.266 e. The molecule has 0 N–H and O–H groups in total. The summed E-state index contributed by atoms with van der Waals surface area (Å²) < 4.78 is 1.52. The van der Waals surface area contributed by atoms with Crippen LogP contribution in [0.15, 0.2) is 53.6 Å². The Labute approximate surface area is 145 Å². The van der Waals surface area contributed by atoms with Crippen LogP contribution in [0.25, 0.3) is 10.8 Å². The average molecular weight is 336 g/mol. The van der Waals surface area contributed by atoms with E-state index in [4.69, 9.17) is 0 Å². The number of rotatable bonds is 4. The highest BCUT2D eigenvalue weighted by atomic mass is 16.1. The maximum Gasteiger partial charge on any atom is 0.266 e. The Morgan fingerprint density at radius 3 is 2.64 bits per heavy atom. The molecule has 0 saturated carbocycles. The Bertz CT molecular complexity index is 911. The summed E-state index contributed by atoms with van der Waals surface area (Å²) in [6.07, 6.45) is 3.46. The molecule has 1 aromatic carbocycles. The molecule has 25 heavy (non-hydrogen) atoms. The molecule has 0 spiro atoms. The van der Waals surface area contributed by atoms with Crippen molar-refractivity contribution in [3.05, 3.63) is 59.1 Å². The highest BCUT2D eigenvalue weighted by Crippen LogP contribution is 2.23. The number of hydrogen-bond donors (Lipinski definition) is 0. The van der Waals surface area contributed by atoms with Gasteiger partial charge in [-0.2, -0.15) is 10.2 Å². The van der Waals surface area contributed by atoms with Gasteiger partial charge in [0.05, 0.1) is 12.7 Å². The van der Waals surface area contributed by atoms with Gasteiger partial charge in [-0.15, -0.1) is 5.10 Å². The molecule has 0 bridgehead atoms. The van der Waals surface area contributed by atoms with Gasteiger partial charge in [0.15, 0.2) is 5.82 Å². The third-order valence-corrected chi connectivity index (χ3v) is 4.64. The molecule has 7 nitrogen and oxygen atoms in total. The van der Waals surface area contributed by atoms with Gasteiger partial charge in [0, 0.05) is 55.8 Å². The summed E-state index contributed by atoms with van der Waals surface area (Å²) in [7, 11) is 0. The summed E-state index contributed by atoms with van der Waals surface area (Å²) in [5, 5.41) is 14.9. The Kier molecular flexibility index (Phi) is 4.39. The molecule has 128 valence electrons. The lowest BCUT2D eigenvalue weighted by Gasteiger charge is -2.35. The molecule has 1 aliphatic heterocycles. The van der Waals surface area contributed by atoms with Crippen molar-refractivity contribution in [3.8, 4) is 0 Å². The van der Waals surface area contributed by atoms with E-state index >= 15 is 0 Å². The fourth-order valence-electron chi connectivity index (χ4n) is 3.22. The minimum atomic E-state index is -0.0489. The minimum absolute atomic E-state index is 0.0489. The van der Waals surface area contributed by atoms with Gasteiger partial charge in [-0.25, -0.2) is 4.68 Å². The van der Waals surface area contributed by atoms with Crippen molar-refractivity contribution in [2.75, 3.05) is 37.6 Å². The van der Waals surface area contributed by atoms with Crippen LogP contribution in [0.3, 0.4) is 0 Å². The van der Waals surface area contributed by atoms with Crippen molar-refractivity contribution in [2.45, 2.75) is 6.54 Å². The topological polar surface area (TPSA) is 67.2 Å². The van der Waals surface area contributed by atoms with Gasteiger partial charge in [0.25, 0.3) is 5.56 Å². The molecule has 1 fully saturated rings. The summed E-state index contributed by atoms with van der Waals surface area (Å²) in [6.45, 7) is 5.12. The SMILES string of the molecule is O=c1cccnn1CCN1CCN(c2nncc3ccccc23)CC1. The van der Waals surface area contributed by atoms with Crippen LogP contribution >= 0.6 is 0 Å². The summed E-state index contributed by atoms with van der Waals surface area (Å²) in [6, 6.07) is 11.4. The maximum atomic E-state index is 11.7. The van der Waals surface area contributed by atoms with E-state index in [0.29, 0.717) is 6.54 Å². The van der Waals surface area contributed by atoms with Crippen molar-refractivity contribution >= 4 is 16.6 Å². The second-order valence-corrected chi connectivity index (χ2v) is 6.17. The molecule has 3 heterocycles. The largest absolute Gasteiger partial charge is 0.352 e. The monoisotopic (exact) mass is 336 g/mol. The van der Waals surface area contributed by atoms with Crippen LogP contribution in [0, 0.1) is 0 Å². The number of aromatic nitrogens is 4. The van der Waals surface area contributed by atoms with Crippen LogP contribution in [0.2, 0.25) is 0 Å². The lowest BCUT2D eigenvalue weighted by molar-refractivity contribution is 0.242. The van der Waals surface area contributed by atoms with Crippen LogP contribution < -0.4 is 10.5 Å². The number of hydrogen-bond acceptors (Lipinski definition) is 6. The number of anilines is 1. The first-order valence-corrected chi connectivity index (χ1v) is 8.51. The van der Waals surface area contributed by atoms with Gasteiger partial charge in [0.2, 0.25) is 0 Å². The van der Waals surface area contributed by atoms with E-state index in [9.17, 15) is 4.79 Å². The van der Waals surface area contributed by atoms with E-state index in [-0.39, 0.29) is 5.56 Å². The molecular weight excluding hydrogens is 316 g/mol. The van der Waals surface area contributed by atoms with Crippen molar-refractivity contribution in [1.29, 1.82) is 0 Å². The third-order valence-electron chi connectivity index (χ3n) is 4.64. The van der Waals surface area contributed by atoms with Crippen molar-refractivity contribution < 1.29 is 0 Å². The van der Waals surface area contributed by atoms with Crippen molar-refractivity contribution in [3.63, 3.8) is 0 Å². The summed E-state index contributed by atoms with van der Waals surface area (Å²) in [5.41, 5.74) is -0.0489. The first kappa shape index (κ1) is 15.7. The van der Waals surface area contributed by atoms with Gasteiger partial charge < -0.3 is 4.90 Å². The molecule has 0 aliphatic carbocycles. The standard InChI is InChI=1S/C18H20N6O/c25-17-6-3-7-20-24(17)13-10-22-8-11-23(12-9-22)18-16-5-2-1-4-15(16)14-19-21-18/h1-7,14H,8-13H2. The number of piperazine rings is 1. The van der Waals surface area contributed by atoms with E-state index in [0.717, 1.165) is 49.3 Å². The number of benzene rings is 1. The van der Waals surface area contributed by atoms with Crippen molar-refractivity contribution in [1.82, 2.24) is 24.9 Å². The Morgan fingerprint density at radius 2 is 1.80 bits per heavy atom. The quantitative estimate of drug-likeness (QED) is 0.708. The van der Waals surface area contributed by atoms with Crippen LogP contribution in [0.1, 0.15) is 0 Å². The molecule has 4 rings (SSSR count). The Balaban J connectivity index is 1.40. The molecule has 0 unspecified atom stereocenters. The van der Waals surface area contributed by atoms with Gasteiger partial charge in [-0.05, 0) is 6.07 Å². The average Bonchev–Trinajstić information content (AvgIpc) is 2.67. The normalized spacial score (nSPS) is 15.6. The van der Waals surface area contributed by atoms with E-state index in [1.165, 1.54) is 4.68 Å². The fourth-order valence-corrected chi connectivity index (χ4v) is 3.22. The predicted octanol–water partition coefficient (Wildman–Crippen LogP) is 1.01. The zero-order valence-electron chi connectivity index (χ0n) is 14.0. The lowest BCUT2D eigenvalue weighted by atomic mass is 10.1. The maximum absolute atomic E-state index is 11.7. The van der Waals surface area contributed by atoms with E-state index in [1.807, 2.05) is 12.1 Å². The highest BCUT2D eigenvalue weighted by Gasteiger charge is 2.19. The van der Waals surface area contributed by atoms with Crippen LogP contribution in [0.5, 0.6) is 0 Å². The predicted molar refractivity (Wildman–Crippen MR) is 96.7 cm³/mol. The van der Waals surface area contributed by atoms with Crippen LogP contribution in [0.4, 0.5) is 5.82 Å². The molecule has 1 saturated heterocycles. The molecule has 2 aromatic heterocycles. The first-order chi connectivity index (χ1) is 12.3. The summed E-state index contributed by atoms with van der Waals surface area (Å²) in [4.78, 5) is 16.4. The Hall–Kier alpha value is -2.80. The Morgan fingerprint density at radius 1 is 0.960 bits per heavy atom. The summed E-state index contributed by atoms with van der Waals surface area (Å²) >= 11 is 0. The molecule has 1 aliphatic rings. The summed E-state index contributed by atoms with van der Waals surface area (Å²) in [5.74, 6) is 0.957. The zero-order valence-corrected chi connectivity index (χ0v) is 14.0. The molecule has 3 aromatic rings. The molecule has 0 amide bonds. The third kappa shape index (κ3) is 3.36. The van der Waals surface area contributed by atoms with Crippen LogP contribution in [-0.2, 0) is 6.54 Å². The lowest BCUT2D eigenvalue weighted by Crippen LogP contribution is -2.48. The number of nitrogens with zero attached hydrogens (tertiary/aromatic N) is 6. The van der Waals surface area contributed by atoms with Gasteiger partial charge >= 0.3 is 0 Å². The number of fused-ring (bicyclic) bond motifs is 1. The van der Waals surface area contributed by atoms with Crippen LogP contribution in [-0.4, -0.2) is 57.6 Å². The molecule has 0 radical (unpaired) electrons.